The summed E-state index contributed by atoms with van der Waals surface area (Å²) in [5, 5.41) is 2.49. The summed E-state index contributed by atoms with van der Waals surface area (Å²) < 4.78 is 13.0. The van der Waals surface area contributed by atoms with Gasteiger partial charge < -0.3 is 11.1 Å². The molecule has 13 heavy (non-hydrogen) atoms. The van der Waals surface area contributed by atoms with Crippen molar-refractivity contribution >= 4 is 5.91 Å². The van der Waals surface area contributed by atoms with Gasteiger partial charge in [-0.3, -0.25) is 4.79 Å². The van der Waals surface area contributed by atoms with Crippen molar-refractivity contribution in [1.82, 2.24) is 5.32 Å². The molecule has 0 aliphatic rings. The van der Waals surface area contributed by atoms with Crippen LogP contribution >= 0.6 is 0 Å². The summed E-state index contributed by atoms with van der Waals surface area (Å²) in [6.07, 6.45) is 0. The Morgan fingerprint density at radius 1 is 1.46 bits per heavy atom. The molecule has 3 N–H and O–H groups in total. The third-order valence-corrected chi connectivity index (χ3v) is 1.55. The second-order valence-electron chi connectivity index (χ2n) is 2.52. The molecule has 0 aliphatic carbocycles. The van der Waals surface area contributed by atoms with Gasteiger partial charge in [-0.1, -0.05) is 12.1 Å². The minimum atomic E-state index is -0.517. The second kappa shape index (κ2) is 4.57. The van der Waals surface area contributed by atoms with Gasteiger partial charge in [0.2, 0.25) is 0 Å². The summed E-state index contributed by atoms with van der Waals surface area (Å²) in [7, 11) is 0. The minimum Gasteiger partial charge on any atom is -0.351 e. The highest BCUT2D eigenvalue weighted by molar-refractivity contribution is 5.94. The van der Waals surface area contributed by atoms with E-state index in [0.717, 1.165) is 0 Å². The molecule has 0 bridgehead atoms. The third kappa shape index (κ3) is 2.52. The van der Waals surface area contributed by atoms with Crippen LogP contribution in [0.4, 0.5) is 4.39 Å². The van der Waals surface area contributed by atoms with Crippen LogP contribution in [0, 0.1) is 5.82 Å². The van der Waals surface area contributed by atoms with Gasteiger partial charge in [-0.2, -0.15) is 0 Å². The maximum atomic E-state index is 13.0. The van der Waals surface area contributed by atoms with E-state index in [0.29, 0.717) is 13.1 Å². The van der Waals surface area contributed by atoms with Gasteiger partial charge in [0.15, 0.2) is 0 Å². The molecule has 0 saturated heterocycles. The van der Waals surface area contributed by atoms with E-state index < -0.39 is 11.7 Å². The zero-order valence-electron chi connectivity index (χ0n) is 7.09. The molecule has 0 spiro atoms. The summed E-state index contributed by atoms with van der Waals surface area (Å²) in [5.41, 5.74) is 5.24. The maximum Gasteiger partial charge on any atom is 0.254 e. The molecule has 1 rings (SSSR count). The Balaban J connectivity index is 2.71. The van der Waals surface area contributed by atoms with Crippen LogP contribution in [0.1, 0.15) is 10.4 Å². The molecule has 70 valence electrons. The van der Waals surface area contributed by atoms with Gasteiger partial charge in [-0.25, -0.2) is 4.39 Å². The highest BCUT2D eigenvalue weighted by Crippen LogP contribution is 2.05. The zero-order chi connectivity index (χ0) is 9.68. The Morgan fingerprint density at radius 3 is 2.77 bits per heavy atom. The fourth-order valence-corrected chi connectivity index (χ4v) is 0.926. The fourth-order valence-electron chi connectivity index (χ4n) is 0.926. The van der Waals surface area contributed by atoms with Crippen molar-refractivity contribution in [3.8, 4) is 0 Å². The van der Waals surface area contributed by atoms with Gasteiger partial charge in [0.05, 0.1) is 5.56 Å². The molecule has 0 heterocycles. The van der Waals surface area contributed by atoms with Gasteiger partial charge in [0, 0.05) is 13.1 Å². The average molecular weight is 182 g/mol. The minimum absolute atomic E-state index is 0.0518. The quantitative estimate of drug-likeness (QED) is 0.715. The first kappa shape index (κ1) is 9.67. The van der Waals surface area contributed by atoms with E-state index in [1.54, 1.807) is 6.07 Å². The molecular weight excluding hydrogens is 171 g/mol. The molecule has 0 radical (unpaired) electrons. The fraction of sp³-hybridized carbons (Fsp3) is 0.222. The van der Waals surface area contributed by atoms with Gasteiger partial charge in [-0.05, 0) is 12.1 Å². The normalized spacial score (nSPS) is 9.69. The van der Waals surface area contributed by atoms with Crippen LogP contribution in [0.3, 0.4) is 0 Å². The Hall–Kier alpha value is -1.42. The van der Waals surface area contributed by atoms with Gasteiger partial charge in [0.25, 0.3) is 5.91 Å². The first-order valence-corrected chi connectivity index (χ1v) is 3.98. The zero-order valence-corrected chi connectivity index (χ0v) is 7.09. The summed E-state index contributed by atoms with van der Waals surface area (Å²) in [6, 6.07) is 5.83. The molecule has 0 fully saturated rings. The van der Waals surface area contributed by atoms with Crippen LogP contribution in [0.5, 0.6) is 0 Å². The van der Waals surface area contributed by atoms with Crippen LogP contribution in [0.25, 0.3) is 0 Å². The molecular formula is C9H11FN2O. The molecule has 1 amide bonds. The first-order chi connectivity index (χ1) is 6.25. The van der Waals surface area contributed by atoms with Crippen LogP contribution < -0.4 is 11.1 Å². The lowest BCUT2D eigenvalue weighted by Gasteiger charge is -2.03. The summed E-state index contributed by atoms with van der Waals surface area (Å²) >= 11 is 0. The van der Waals surface area contributed by atoms with Crippen molar-refractivity contribution in [1.29, 1.82) is 0 Å². The van der Waals surface area contributed by atoms with Crippen LogP contribution in [-0.2, 0) is 0 Å². The number of amides is 1. The van der Waals surface area contributed by atoms with Crippen molar-refractivity contribution in [2.45, 2.75) is 0 Å². The summed E-state index contributed by atoms with van der Waals surface area (Å²) in [4.78, 5) is 11.2. The Morgan fingerprint density at radius 2 is 2.15 bits per heavy atom. The maximum absolute atomic E-state index is 13.0. The molecule has 0 saturated carbocycles. The molecule has 4 heteroatoms. The highest BCUT2D eigenvalue weighted by atomic mass is 19.1. The topological polar surface area (TPSA) is 55.1 Å². The molecule has 3 nitrogen and oxygen atoms in total. The Kier molecular flexibility index (Phi) is 3.40. The lowest BCUT2D eigenvalue weighted by molar-refractivity contribution is 0.0951. The molecule has 1 aromatic rings. The Labute approximate surface area is 75.7 Å². The number of benzene rings is 1. The SMILES string of the molecule is NCCNC(=O)c1ccccc1F. The molecule has 0 atom stereocenters. The number of nitrogens with two attached hydrogens (primary N) is 1. The third-order valence-electron chi connectivity index (χ3n) is 1.55. The number of nitrogens with one attached hydrogen (secondary N) is 1. The summed E-state index contributed by atoms with van der Waals surface area (Å²) in [6.45, 7) is 0.702. The van der Waals surface area contributed by atoms with E-state index in [1.165, 1.54) is 18.2 Å². The molecule has 0 aromatic heterocycles. The van der Waals surface area contributed by atoms with E-state index in [4.69, 9.17) is 5.73 Å². The predicted octanol–water partition coefficient (Wildman–Crippen LogP) is 0.514. The van der Waals surface area contributed by atoms with Crippen molar-refractivity contribution in [2.24, 2.45) is 5.73 Å². The summed E-state index contributed by atoms with van der Waals surface area (Å²) in [5.74, 6) is -0.944. The number of rotatable bonds is 3. The van der Waals surface area contributed by atoms with Crippen molar-refractivity contribution in [2.75, 3.05) is 13.1 Å². The highest BCUT2D eigenvalue weighted by Gasteiger charge is 2.08. The van der Waals surface area contributed by atoms with Crippen LogP contribution in [0.15, 0.2) is 24.3 Å². The molecule has 0 aliphatic heterocycles. The average Bonchev–Trinajstić information content (AvgIpc) is 2.15. The number of hydrogen-bond donors (Lipinski definition) is 2. The van der Waals surface area contributed by atoms with Crippen molar-refractivity contribution < 1.29 is 9.18 Å². The van der Waals surface area contributed by atoms with E-state index >= 15 is 0 Å². The number of carbonyl (C=O) groups is 1. The number of halogens is 1. The smallest absolute Gasteiger partial charge is 0.254 e. The van der Waals surface area contributed by atoms with E-state index in [-0.39, 0.29) is 5.56 Å². The monoisotopic (exact) mass is 182 g/mol. The van der Waals surface area contributed by atoms with E-state index in [9.17, 15) is 9.18 Å². The van der Waals surface area contributed by atoms with Gasteiger partial charge in [0.1, 0.15) is 5.82 Å². The predicted molar refractivity (Wildman–Crippen MR) is 47.8 cm³/mol. The van der Waals surface area contributed by atoms with Crippen LogP contribution in [0.2, 0.25) is 0 Å². The first-order valence-electron chi connectivity index (χ1n) is 3.98. The van der Waals surface area contributed by atoms with Crippen molar-refractivity contribution in [3.63, 3.8) is 0 Å². The number of carbonyl (C=O) groups excluding carboxylic acids is 1. The standard InChI is InChI=1S/C9H11FN2O/c10-8-4-2-1-3-7(8)9(13)12-6-5-11/h1-4H,5-6,11H2,(H,12,13). The Bertz CT molecular complexity index is 301. The molecule has 0 unspecified atom stereocenters. The molecule has 1 aromatic carbocycles. The van der Waals surface area contributed by atoms with Gasteiger partial charge in [-0.15, -0.1) is 0 Å². The lowest BCUT2D eigenvalue weighted by Crippen LogP contribution is -2.29. The largest absolute Gasteiger partial charge is 0.351 e. The van der Waals surface area contributed by atoms with Crippen LogP contribution in [-0.4, -0.2) is 19.0 Å². The van der Waals surface area contributed by atoms with Crippen molar-refractivity contribution in [3.05, 3.63) is 35.6 Å². The number of hydrogen-bond acceptors (Lipinski definition) is 2. The lowest BCUT2D eigenvalue weighted by atomic mass is 10.2. The van der Waals surface area contributed by atoms with E-state index in [2.05, 4.69) is 5.32 Å². The second-order valence-corrected chi connectivity index (χ2v) is 2.52. The van der Waals surface area contributed by atoms with E-state index in [1.807, 2.05) is 0 Å². The van der Waals surface area contributed by atoms with Gasteiger partial charge >= 0.3 is 0 Å².